The lowest BCUT2D eigenvalue weighted by Gasteiger charge is -2.37. The second-order valence-electron chi connectivity index (χ2n) is 23.2. The highest BCUT2D eigenvalue weighted by Crippen LogP contribution is 2.37. The van der Waals surface area contributed by atoms with E-state index in [1.54, 1.807) is 81.9 Å². The molecule has 25 heteroatoms. The normalized spacial score (nSPS) is 14.9. The molecule has 0 bridgehead atoms. The van der Waals surface area contributed by atoms with Gasteiger partial charge < -0.3 is 30.8 Å². The zero-order valence-corrected chi connectivity index (χ0v) is 52.2. The van der Waals surface area contributed by atoms with Crippen molar-refractivity contribution in [2.45, 2.75) is 90.8 Å². The summed E-state index contributed by atoms with van der Waals surface area (Å²) in [4.78, 5) is 93.7. The van der Waals surface area contributed by atoms with Crippen LogP contribution in [0.25, 0.3) is 56.5 Å². The van der Waals surface area contributed by atoms with Gasteiger partial charge in [-0.15, -0.1) is 0 Å². The Bertz CT molecular complexity index is 4000. The van der Waals surface area contributed by atoms with Crippen molar-refractivity contribution in [3.05, 3.63) is 159 Å². The van der Waals surface area contributed by atoms with Gasteiger partial charge >= 0.3 is 11.4 Å². The van der Waals surface area contributed by atoms with E-state index in [4.69, 9.17) is 72.3 Å². The number of primary amides is 2. The van der Waals surface area contributed by atoms with E-state index in [2.05, 4.69) is 43.7 Å². The van der Waals surface area contributed by atoms with E-state index in [9.17, 15) is 33.9 Å². The third kappa shape index (κ3) is 13.8. The average molecular weight is 1260 g/mol. The second-order valence-corrected chi connectivity index (χ2v) is 29.7. The van der Waals surface area contributed by atoms with E-state index < -0.39 is 55.7 Å². The average Bonchev–Trinajstić information content (AvgIpc) is 1.75. The number of amides is 2. The molecule has 5 N–H and O–H groups in total. The molecule has 10 rings (SSSR count). The Labute approximate surface area is 511 Å². The fourth-order valence-corrected chi connectivity index (χ4v) is 12.5. The number of aliphatic hydroxyl groups is 1. The molecular weight excluding hydrogens is 1190 g/mol. The number of halogens is 4. The summed E-state index contributed by atoms with van der Waals surface area (Å²) >= 11 is 25.5. The van der Waals surface area contributed by atoms with Crippen LogP contribution in [0, 0.1) is 11.8 Å². The van der Waals surface area contributed by atoms with Crippen molar-refractivity contribution in [3.8, 4) is 34.2 Å². The molecule has 2 amide bonds. The van der Waals surface area contributed by atoms with Crippen LogP contribution in [0.4, 0.5) is 0 Å². The highest BCUT2D eigenvalue weighted by Gasteiger charge is 2.37. The Morgan fingerprint density at radius 3 is 1.32 bits per heavy atom. The predicted octanol–water partition coefficient (Wildman–Crippen LogP) is 8.05. The van der Waals surface area contributed by atoms with E-state index in [0.717, 1.165) is 67.5 Å². The molecule has 2 saturated heterocycles. The van der Waals surface area contributed by atoms with Crippen LogP contribution in [0.1, 0.15) is 46.5 Å². The molecule has 4 aromatic carbocycles. The van der Waals surface area contributed by atoms with Crippen molar-refractivity contribution in [2.75, 3.05) is 52.5 Å². The van der Waals surface area contributed by atoms with E-state index in [0.29, 0.717) is 80.5 Å². The van der Waals surface area contributed by atoms with Crippen LogP contribution >= 0.6 is 46.4 Å². The Balaban J connectivity index is 0.000000206. The number of hydrogen-bond acceptors (Lipinski definition) is 12. The minimum Gasteiger partial charge on any atom is -0.416 e. The number of piperidine rings is 2. The number of nitrogens with two attached hydrogens (primary N) is 2. The molecule has 0 saturated carbocycles. The van der Waals surface area contributed by atoms with E-state index in [1.165, 1.54) is 9.13 Å². The quantitative estimate of drug-likeness (QED) is 0.0691. The summed E-state index contributed by atoms with van der Waals surface area (Å²) in [5, 5.41) is 11.3. The van der Waals surface area contributed by atoms with Gasteiger partial charge in [-0.25, -0.2) is 28.7 Å². The molecule has 85 heavy (non-hydrogen) atoms. The molecule has 20 nitrogen and oxygen atoms in total. The largest absolute Gasteiger partial charge is 0.416 e. The third-order valence-corrected chi connectivity index (χ3v) is 22.2. The van der Waals surface area contributed by atoms with Crippen LogP contribution in [0.5, 0.6) is 0 Å². The maximum absolute atomic E-state index is 14.0. The van der Waals surface area contributed by atoms with Crippen LogP contribution < -0.4 is 34.0 Å². The van der Waals surface area contributed by atoms with Crippen LogP contribution in [0.2, 0.25) is 38.2 Å². The Morgan fingerprint density at radius 2 is 0.965 bits per heavy atom. The number of aliphatic hydroxyl groups excluding tert-OH is 1. The van der Waals surface area contributed by atoms with E-state index >= 15 is 0 Å². The van der Waals surface area contributed by atoms with Gasteiger partial charge in [-0.3, -0.25) is 37.4 Å². The SMILES string of the molecule is CC(C)(C)[Si](C)(C)OCCN1CCC(Cn2c(=O)n(CC(N)=O)c(=O)c3c2nc(-c2ccccc2Cl)n3-c2ccc(Cl)cc2)CC1.NC(=O)Cn1c(=O)c2c(nc(-c3ccccc3Cl)n2-c2ccc(Cl)cc2)n(CC2CCN(CCO)CC2)c1=O. The molecule has 0 radical (unpaired) electrons. The van der Waals surface area contributed by atoms with Gasteiger partial charge in [-0.05, 0) is 155 Å². The monoisotopic (exact) mass is 1250 g/mol. The minimum absolute atomic E-state index is 0.0930. The Kier molecular flexibility index (Phi) is 19.6. The number of carbonyl (C=O) groups excluding carboxylic acids is 2. The fourth-order valence-electron chi connectivity index (χ4n) is 10.8. The maximum Gasteiger partial charge on any atom is 0.333 e. The fraction of sp³-hybridized carbons (Fsp3) is 0.400. The van der Waals surface area contributed by atoms with E-state index in [-0.39, 0.29) is 45.8 Å². The lowest BCUT2D eigenvalue weighted by molar-refractivity contribution is -0.119. The topological polar surface area (TPSA) is 246 Å². The van der Waals surface area contributed by atoms with Crippen molar-refractivity contribution >= 4 is 88.9 Å². The summed E-state index contributed by atoms with van der Waals surface area (Å²) in [6.07, 6.45) is 3.33. The lowest BCUT2D eigenvalue weighted by Crippen LogP contribution is -2.45. The van der Waals surface area contributed by atoms with Crippen molar-refractivity contribution in [1.82, 2.24) is 47.2 Å². The number of imidazole rings is 2. The molecule has 0 atom stereocenters. The molecule has 2 aliphatic heterocycles. The molecule has 2 aliphatic rings. The summed E-state index contributed by atoms with van der Waals surface area (Å²) in [6.45, 7) is 16.4. The first-order valence-electron chi connectivity index (χ1n) is 28.3. The number of hydrogen-bond donors (Lipinski definition) is 3. The number of aromatic nitrogens is 8. The predicted molar refractivity (Wildman–Crippen MR) is 337 cm³/mol. The summed E-state index contributed by atoms with van der Waals surface area (Å²) < 4.78 is 14.5. The third-order valence-electron chi connectivity index (χ3n) is 16.5. The molecule has 450 valence electrons. The summed E-state index contributed by atoms with van der Waals surface area (Å²) in [5.74, 6) is -0.546. The number of benzene rings is 4. The molecule has 6 heterocycles. The molecule has 8 aromatic rings. The number of likely N-dealkylation sites (tertiary alicyclic amines) is 2. The minimum atomic E-state index is -1.82. The Hall–Kier alpha value is -6.66. The van der Waals surface area contributed by atoms with Gasteiger partial charge in [0.1, 0.15) is 24.7 Å². The highest BCUT2D eigenvalue weighted by molar-refractivity contribution is 6.74. The number of β-amino-alcohol motifs (C(OH)–C–C–N with tert-alkyl or cyclic N) is 1. The van der Waals surface area contributed by atoms with Gasteiger partial charge in [0, 0.05) is 65.3 Å². The van der Waals surface area contributed by atoms with Gasteiger partial charge in [0.25, 0.3) is 11.1 Å². The summed E-state index contributed by atoms with van der Waals surface area (Å²) in [7, 11) is -1.82. The first-order chi connectivity index (χ1) is 40.5. The van der Waals surface area contributed by atoms with Crippen LogP contribution in [0.15, 0.2) is 116 Å². The van der Waals surface area contributed by atoms with Gasteiger partial charge in [0.15, 0.2) is 30.6 Å². The molecular formula is C60H70Cl4N12O8Si. The van der Waals surface area contributed by atoms with Gasteiger partial charge in [-0.2, -0.15) is 0 Å². The smallest absolute Gasteiger partial charge is 0.333 e. The Morgan fingerprint density at radius 1 is 0.588 bits per heavy atom. The van der Waals surface area contributed by atoms with Crippen molar-refractivity contribution in [1.29, 1.82) is 0 Å². The number of carbonyl (C=O) groups is 2. The lowest BCUT2D eigenvalue weighted by atomic mass is 9.96. The van der Waals surface area contributed by atoms with Crippen molar-refractivity contribution in [3.63, 3.8) is 0 Å². The first kappa shape index (κ1) is 62.9. The maximum atomic E-state index is 14.0. The first-order valence-corrected chi connectivity index (χ1v) is 32.7. The molecule has 2 fully saturated rings. The van der Waals surface area contributed by atoms with Crippen LogP contribution in [0.3, 0.4) is 0 Å². The molecule has 0 aliphatic carbocycles. The van der Waals surface area contributed by atoms with Crippen molar-refractivity contribution < 1.29 is 19.1 Å². The zero-order valence-electron chi connectivity index (χ0n) is 48.1. The van der Waals surface area contributed by atoms with Crippen LogP contribution in [-0.2, 0) is 40.2 Å². The second kappa shape index (κ2) is 26.5. The molecule has 0 unspecified atom stereocenters. The number of rotatable bonds is 18. The van der Waals surface area contributed by atoms with Gasteiger partial charge in [0.05, 0.1) is 16.7 Å². The molecule has 0 spiro atoms. The standard InChI is InChI=1S/C33H42Cl2N6O4Si.C27H28Cl2N6O4/c1-33(2,3)46(4,5)45-19-18-38-16-14-22(15-17-38)20-39-30-28(31(43)40(32(39)44)21-27(36)42)41(24-12-10-23(34)11-13-24)29(37-30)25-8-6-7-9-26(25)35;28-18-5-7-19(8-6-18)35-23-25(31-24(35)20-3-1-2-4-21(20)29)33(27(39)34(26(23)38)16-22(30)37)15-17-9-11-32(12-10-17)13-14-36/h6-13,22H,14-21H2,1-5H3,(H2,36,42);1-8,17,36H,9-16H2,(H2,30,37). The van der Waals surface area contributed by atoms with Gasteiger partial charge in [-0.1, -0.05) is 91.4 Å². The van der Waals surface area contributed by atoms with Crippen LogP contribution in [-0.4, -0.2) is 125 Å². The summed E-state index contributed by atoms with van der Waals surface area (Å²) in [6, 6.07) is 28.1. The summed E-state index contributed by atoms with van der Waals surface area (Å²) in [5.41, 5.74) is 11.4. The molecule has 4 aromatic heterocycles. The zero-order chi connectivity index (χ0) is 61.1. The number of nitrogens with zero attached hydrogens (tertiary/aromatic N) is 10. The van der Waals surface area contributed by atoms with Gasteiger partial charge in [0.2, 0.25) is 11.8 Å². The number of fused-ring (bicyclic) bond motifs is 2. The highest BCUT2D eigenvalue weighted by atomic mass is 35.5. The van der Waals surface area contributed by atoms with Crippen molar-refractivity contribution in [2.24, 2.45) is 23.3 Å². The van der Waals surface area contributed by atoms with E-state index in [1.807, 2.05) is 24.3 Å².